The van der Waals surface area contributed by atoms with E-state index in [1.165, 1.54) is 5.57 Å². The first-order valence-corrected chi connectivity index (χ1v) is 5.40. The Morgan fingerprint density at radius 1 is 1.43 bits per heavy atom. The van der Waals surface area contributed by atoms with Crippen molar-refractivity contribution >= 4 is 7.05 Å². The third kappa shape index (κ3) is 3.14. The third-order valence-corrected chi connectivity index (χ3v) is 2.32. The van der Waals surface area contributed by atoms with Crippen molar-refractivity contribution in [1.82, 2.24) is 4.81 Å². The van der Waals surface area contributed by atoms with Crippen LogP contribution in [0.1, 0.15) is 41.5 Å². The molecule has 14 heavy (non-hydrogen) atoms. The third-order valence-electron chi connectivity index (χ3n) is 2.32. The normalized spacial score (nSPS) is 19.4. The Balaban J connectivity index is 2.65. The minimum Gasteiger partial charge on any atom is -0.413 e. The Bertz CT molecular complexity index is 230. The van der Waals surface area contributed by atoms with Crippen molar-refractivity contribution in [3.63, 3.8) is 0 Å². The summed E-state index contributed by atoms with van der Waals surface area (Å²) in [5, 5.41) is 0. The van der Waals surface area contributed by atoms with E-state index in [4.69, 9.17) is 4.65 Å². The Morgan fingerprint density at radius 2 is 2.00 bits per heavy atom. The molecule has 0 aliphatic carbocycles. The summed E-state index contributed by atoms with van der Waals surface area (Å²) in [4.78, 5) is 2.38. The van der Waals surface area contributed by atoms with Crippen LogP contribution in [0.15, 0.2) is 11.5 Å². The summed E-state index contributed by atoms with van der Waals surface area (Å²) < 4.78 is 5.99. The molecule has 0 saturated heterocycles. The highest BCUT2D eigenvalue weighted by molar-refractivity contribution is 6.56. The first-order valence-electron chi connectivity index (χ1n) is 5.40. The molecule has 1 heterocycles. The molecule has 0 unspecified atom stereocenters. The zero-order valence-electron chi connectivity index (χ0n) is 10.3. The van der Waals surface area contributed by atoms with Crippen molar-refractivity contribution in [2.24, 2.45) is 0 Å². The fourth-order valence-electron chi connectivity index (χ4n) is 1.71. The Labute approximate surface area is 88.4 Å². The smallest absolute Gasteiger partial charge is 0.411 e. The summed E-state index contributed by atoms with van der Waals surface area (Å²) >= 11 is 0. The highest BCUT2D eigenvalue weighted by Gasteiger charge is 2.33. The number of hydrogen-bond acceptors (Lipinski definition) is 2. The lowest BCUT2D eigenvalue weighted by Crippen LogP contribution is -2.45. The van der Waals surface area contributed by atoms with E-state index in [1.807, 2.05) is 0 Å². The second-order valence-electron chi connectivity index (χ2n) is 5.40. The van der Waals surface area contributed by atoms with Crippen LogP contribution in [-0.2, 0) is 4.65 Å². The predicted octanol–water partition coefficient (Wildman–Crippen LogP) is 2.50. The molecule has 0 spiro atoms. The Hall–Kier alpha value is -0.275. The molecule has 80 valence electrons. The first-order chi connectivity index (χ1) is 6.29. The highest BCUT2D eigenvalue weighted by atomic mass is 16.5. The second-order valence-corrected chi connectivity index (χ2v) is 5.40. The van der Waals surface area contributed by atoms with Gasteiger partial charge < -0.3 is 9.47 Å². The molecule has 0 aromatic heterocycles. The van der Waals surface area contributed by atoms with Crippen molar-refractivity contribution in [3.05, 3.63) is 11.5 Å². The zero-order chi connectivity index (χ0) is 10.9. The van der Waals surface area contributed by atoms with E-state index >= 15 is 0 Å². The molecule has 3 heteroatoms. The number of rotatable bonds is 2. The standard InChI is InChI=1S/C11H22BNO/c1-9(2)13-8-10(3)7-12(13)14-11(4,5)6/h7,9H,8H2,1-6H3. The van der Waals surface area contributed by atoms with Crippen molar-refractivity contribution < 1.29 is 4.65 Å². The van der Waals surface area contributed by atoms with Gasteiger partial charge in [0.15, 0.2) is 0 Å². The molecule has 0 saturated carbocycles. The largest absolute Gasteiger partial charge is 0.413 e. The minimum atomic E-state index is -0.0705. The van der Waals surface area contributed by atoms with E-state index < -0.39 is 0 Å². The summed E-state index contributed by atoms with van der Waals surface area (Å²) in [6.45, 7) is 13.9. The van der Waals surface area contributed by atoms with E-state index in [-0.39, 0.29) is 12.7 Å². The van der Waals surface area contributed by atoms with Crippen molar-refractivity contribution in [1.29, 1.82) is 0 Å². The summed E-state index contributed by atoms with van der Waals surface area (Å²) in [5.74, 6) is 2.23. The number of nitrogens with zero attached hydrogens (tertiary/aromatic N) is 1. The van der Waals surface area contributed by atoms with Crippen LogP contribution >= 0.6 is 0 Å². The lowest BCUT2D eigenvalue weighted by molar-refractivity contribution is 0.110. The van der Waals surface area contributed by atoms with E-state index in [1.54, 1.807) is 0 Å². The quantitative estimate of drug-likeness (QED) is 0.627. The fourth-order valence-corrected chi connectivity index (χ4v) is 1.71. The van der Waals surface area contributed by atoms with Gasteiger partial charge in [0.1, 0.15) is 0 Å². The Kier molecular flexibility index (Phi) is 3.43. The molecule has 0 aromatic rings. The molecule has 2 nitrogen and oxygen atoms in total. The van der Waals surface area contributed by atoms with Gasteiger partial charge in [0, 0.05) is 12.1 Å². The lowest BCUT2D eigenvalue weighted by atomic mass is 9.80. The van der Waals surface area contributed by atoms with Gasteiger partial charge in [-0.15, -0.1) is 0 Å². The van der Waals surface area contributed by atoms with E-state index in [9.17, 15) is 0 Å². The van der Waals surface area contributed by atoms with Gasteiger partial charge in [-0.1, -0.05) is 25.4 Å². The number of hydrogen-bond donors (Lipinski definition) is 0. The van der Waals surface area contributed by atoms with Crippen LogP contribution in [0.3, 0.4) is 0 Å². The molecule has 0 amide bonds. The van der Waals surface area contributed by atoms with Crippen LogP contribution < -0.4 is 0 Å². The lowest BCUT2D eigenvalue weighted by Gasteiger charge is -2.31. The average Bonchev–Trinajstić information content (AvgIpc) is 2.27. The molecule has 1 aliphatic rings. The fraction of sp³-hybridized carbons (Fsp3) is 0.818. The highest BCUT2D eigenvalue weighted by Crippen LogP contribution is 2.21. The molecule has 1 aliphatic heterocycles. The van der Waals surface area contributed by atoms with E-state index in [0.717, 1.165) is 6.54 Å². The van der Waals surface area contributed by atoms with Gasteiger partial charge in [0.2, 0.25) is 0 Å². The molecule has 0 bridgehead atoms. The molecular formula is C11H22BNO. The summed E-state index contributed by atoms with van der Waals surface area (Å²) in [6, 6.07) is 0.538. The average molecular weight is 195 g/mol. The first kappa shape index (κ1) is 11.8. The van der Waals surface area contributed by atoms with Crippen LogP contribution in [0, 0.1) is 0 Å². The molecule has 0 fully saturated rings. The van der Waals surface area contributed by atoms with Crippen LogP contribution in [0.4, 0.5) is 0 Å². The summed E-state index contributed by atoms with van der Waals surface area (Å²) in [5.41, 5.74) is 1.34. The zero-order valence-corrected chi connectivity index (χ0v) is 10.3. The van der Waals surface area contributed by atoms with Crippen LogP contribution in [0.2, 0.25) is 0 Å². The van der Waals surface area contributed by atoms with Gasteiger partial charge in [-0.2, -0.15) is 0 Å². The van der Waals surface area contributed by atoms with E-state index in [2.05, 4.69) is 52.3 Å². The van der Waals surface area contributed by atoms with E-state index in [0.29, 0.717) is 6.04 Å². The topological polar surface area (TPSA) is 12.5 Å². The maximum absolute atomic E-state index is 5.99. The monoisotopic (exact) mass is 195 g/mol. The summed E-state index contributed by atoms with van der Waals surface area (Å²) in [7, 11) is 0.162. The van der Waals surface area contributed by atoms with Gasteiger partial charge in [0.25, 0.3) is 0 Å². The van der Waals surface area contributed by atoms with Gasteiger partial charge in [-0.3, -0.25) is 0 Å². The maximum Gasteiger partial charge on any atom is 0.411 e. The van der Waals surface area contributed by atoms with Gasteiger partial charge >= 0.3 is 7.05 Å². The van der Waals surface area contributed by atoms with Crippen molar-refractivity contribution in [2.45, 2.75) is 53.2 Å². The van der Waals surface area contributed by atoms with Gasteiger partial charge in [-0.25, -0.2) is 0 Å². The van der Waals surface area contributed by atoms with Crippen LogP contribution in [0.25, 0.3) is 0 Å². The molecule has 0 atom stereocenters. The molecule has 1 rings (SSSR count). The molecule has 0 N–H and O–H groups in total. The molecular weight excluding hydrogens is 173 g/mol. The van der Waals surface area contributed by atoms with Crippen LogP contribution in [-0.4, -0.2) is 30.0 Å². The molecule has 0 aromatic carbocycles. The predicted molar refractivity (Wildman–Crippen MR) is 62.2 cm³/mol. The van der Waals surface area contributed by atoms with Gasteiger partial charge in [-0.05, 0) is 33.7 Å². The minimum absolute atomic E-state index is 0.0705. The second kappa shape index (κ2) is 4.07. The van der Waals surface area contributed by atoms with Crippen LogP contribution in [0.5, 0.6) is 0 Å². The van der Waals surface area contributed by atoms with Crippen molar-refractivity contribution in [2.75, 3.05) is 6.54 Å². The SMILES string of the molecule is CC1=CB(OC(C)(C)C)N(C(C)C)C1. The Morgan fingerprint density at radius 3 is 2.43 bits per heavy atom. The van der Waals surface area contributed by atoms with Crippen molar-refractivity contribution in [3.8, 4) is 0 Å². The van der Waals surface area contributed by atoms with Gasteiger partial charge in [0.05, 0.1) is 0 Å². The molecule has 0 radical (unpaired) electrons. The summed E-state index contributed by atoms with van der Waals surface area (Å²) in [6.07, 6.45) is 0. The maximum atomic E-state index is 5.99.